The molecule has 0 spiro atoms. The summed E-state index contributed by atoms with van der Waals surface area (Å²) in [4.78, 5) is 23.8. The number of benzene rings is 2. The molecule has 0 saturated carbocycles. The zero-order valence-corrected chi connectivity index (χ0v) is 15.8. The first kappa shape index (κ1) is 19.5. The Morgan fingerprint density at radius 1 is 1.00 bits per heavy atom. The monoisotopic (exact) mass is 416 g/mol. The van der Waals surface area contributed by atoms with Gasteiger partial charge in [0, 0.05) is 5.56 Å². The van der Waals surface area contributed by atoms with Crippen LogP contribution in [-0.4, -0.2) is 24.1 Å². The van der Waals surface area contributed by atoms with Gasteiger partial charge in [-0.3, -0.25) is 10.1 Å². The molecule has 0 fully saturated rings. The van der Waals surface area contributed by atoms with Crippen molar-refractivity contribution in [1.29, 1.82) is 0 Å². The van der Waals surface area contributed by atoms with Gasteiger partial charge in [0.05, 0.1) is 33.4 Å². The summed E-state index contributed by atoms with van der Waals surface area (Å²) in [5.41, 5.74) is 0.888. The molecule has 9 heteroatoms. The van der Waals surface area contributed by atoms with Crippen LogP contribution >= 0.6 is 47.0 Å². The minimum atomic E-state index is -0.544. The number of anilines is 1. The Morgan fingerprint density at radius 3 is 2.32 bits per heavy atom. The topological polar surface area (TPSA) is 67.4 Å². The fourth-order valence-electron chi connectivity index (χ4n) is 1.85. The zero-order chi connectivity index (χ0) is 18.6. The summed E-state index contributed by atoms with van der Waals surface area (Å²) in [5.74, 6) is -1.04. The van der Waals surface area contributed by atoms with Crippen LogP contribution in [0.2, 0.25) is 15.1 Å². The van der Waals surface area contributed by atoms with Crippen LogP contribution in [0.3, 0.4) is 0 Å². The number of thiocarbonyl (C=S) groups is 1. The van der Waals surface area contributed by atoms with E-state index in [1.54, 1.807) is 6.07 Å². The average molecular weight is 418 g/mol. The minimum absolute atomic E-state index is 0.00811. The summed E-state index contributed by atoms with van der Waals surface area (Å²) in [6.45, 7) is 0. The van der Waals surface area contributed by atoms with Crippen LogP contribution in [0.15, 0.2) is 36.4 Å². The molecule has 2 rings (SSSR count). The van der Waals surface area contributed by atoms with E-state index in [1.807, 2.05) is 0 Å². The molecule has 0 unspecified atom stereocenters. The number of halogens is 3. The van der Waals surface area contributed by atoms with Gasteiger partial charge in [0.1, 0.15) is 0 Å². The third kappa shape index (κ3) is 5.06. The summed E-state index contributed by atoms with van der Waals surface area (Å²) in [6, 6.07) is 8.98. The van der Waals surface area contributed by atoms with E-state index < -0.39 is 11.9 Å². The molecule has 0 radical (unpaired) electrons. The first-order chi connectivity index (χ1) is 11.8. The molecule has 1 amide bonds. The van der Waals surface area contributed by atoms with E-state index in [9.17, 15) is 9.59 Å². The summed E-state index contributed by atoms with van der Waals surface area (Å²) >= 11 is 22.9. The molecular formula is C16H11Cl3N2O3S. The van der Waals surface area contributed by atoms with Gasteiger partial charge in [0.2, 0.25) is 0 Å². The number of hydrogen-bond acceptors (Lipinski definition) is 4. The minimum Gasteiger partial charge on any atom is -0.465 e. The number of nitrogens with one attached hydrogen (secondary N) is 2. The second kappa shape index (κ2) is 8.49. The molecule has 2 aromatic carbocycles. The van der Waals surface area contributed by atoms with Gasteiger partial charge < -0.3 is 10.1 Å². The number of methoxy groups -OCH3 is 1. The molecule has 0 aliphatic heterocycles. The van der Waals surface area contributed by atoms with Gasteiger partial charge in [0.25, 0.3) is 5.91 Å². The normalized spacial score (nSPS) is 10.1. The first-order valence-corrected chi connectivity index (χ1v) is 8.31. The van der Waals surface area contributed by atoms with E-state index in [4.69, 9.17) is 47.0 Å². The Bertz CT molecular complexity index is 859. The molecule has 0 atom stereocenters. The van der Waals surface area contributed by atoms with Crippen molar-refractivity contribution in [1.82, 2.24) is 5.32 Å². The Labute approximate surface area is 164 Å². The molecule has 130 valence electrons. The van der Waals surface area contributed by atoms with E-state index in [0.717, 1.165) is 0 Å². The predicted octanol–water partition coefficient (Wildman–Crippen LogP) is 4.56. The van der Waals surface area contributed by atoms with Gasteiger partial charge in [-0.25, -0.2) is 4.79 Å². The van der Waals surface area contributed by atoms with Crippen molar-refractivity contribution in [2.24, 2.45) is 0 Å². The largest absolute Gasteiger partial charge is 0.465 e. The van der Waals surface area contributed by atoms with E-state index in [-0.39, 0.29) is 21.3 Å². The Hall–Kier alpha value is -1.86. The Kier molecular flexibility index (Phi) is 6.61. The first-order valence-electron chi connectivity index (χ1n) is 6.77. The van der Waals surface area contributed by atoms with Crippen LogP contribution in [0.4, 0.5) is 5.69 Å². The second-order valence-electron chi connectivity index (χ2n) is 4.73. The maximum atomic E-state index is 12.2. The molecule has 25 heavy (non-hydrogen) atoms. The van der Waals surface area contributed by atoms with Crippen molar-refractivity contribution in [2.75, 3.05) is 12.4 Å². The summed E-state index contributed by atoms with van der Waals surface area (Å²) in [5, 5.41) is 6.13. The van der Waals surface area contributed by atoms with Crippen LogP contribution < -0.4 is 10.6 Å². The van der Waals surface area contributed by atoms with Crippen molar-refractivity contribution in [3.05, 3.63) is 62.6 Å². The maximum absolute atomic E-state index is 12.2. The highest BCUT2D eigenvalue weighted by Gasteiger charge is 2.13. The van der Waals surface area contributed by atoms with Gasteiger partial charge in [-0.2, -0.15) is 0 Å². The number of rotatable bonds is 3. The molecule has 2 aromatic rings. The fraction of sp³-hybridized carbons (Fsp3) is 0.0625. The lowest BCUT2D eigenvalue weighted by atomic mass is 10.1. The number of amides is 1. The zero-order valence-electron chi connectivity index (χ0n) is 12.7. The summed E-state index contributed by atoms with van der Waals surface area (Å²) in [6.07, 6.45) is 0. The third-order valence-corrected chi connectivity index (χ3v) is 4.27. The third-order valence-electron chi connectivity index (χ3n) is 3.03. The molecular weight excluding hydrogens is 407 g/mol. The van der Waals surface area contributed by atoms with E-state index in [0.29, 0.717) is 15.7 Å². The van der Waals surface area contributed by atoms with Gasteiger partial charge in [0.15, 0.2) is 5.11 Å². The van der Waals surface area contributed by atoms with Gasteiger partial charge in [-0.05, 0) is 42.5 Å². The highest BCUT2D eigenvalue weighted by Crippen LogP contribution is 2.32. The van der Waals surface area contributed by atoms with E-state index in [1.165, 1.54) is 37.4 Å². The molecule has 0 aliphatic carbocycles. The van der Waals surface area contributed by atoms with Crippen LogP contribution in [-0.2, 0) is 4.74 Å². The van der Waals surface area contributed by atoms with E-state index >= 15 is 0 Å². The highest BCUT2D eigenvalue weighted by atomic mass is 35.5. The number of carbonyl (C=O) groups is 2. The molecule has 0 heterocycles. The summed E-state index contributed by atoms with van der Waals surface area (Å²) in [7, 11) is 1.26. The van der Waals surface area contributed by atoms with Gasteiger partial charge >= 0.3 is 5.97 Å². The number of ether oxygens (including phenoxy) is 1. The smallest absolute Gasteiger partial charge is 0.337 e. The number of esters is 1. The van der Waals surface area contributed by atoms with Crippen molar-refractivity contribution in [3.63, 3.8) is 0 Å². The van der Waals surface area contributed by atoms with E-state index in [2.05, 4.69) is 15.4 Å². The SMILES string of the molecule is COC(=O)c1cccc(C(=O)NC(=S)Nc2cc(Cl)c(Cl)cc2Cl)c1. The molecule has 0 aromatic heterocycles. The maximum Gasteiger partial charge on any atom is 0.337 e. The number of carbonyl (C=O) groups excluding carboxylic acids is 2. The summed E-state index contributed by atoms with van der Waals surface area (Å²) < 4.78 is 4.62. The van der Waals surface area contributed by atoms with Crippen LogP contribution in [0.1, 0.15) is 20.7 Å². The van der Waals surface area contributed by atoms with Crippen molar-refractivity contribution in [3.8, 4) is 0 Å². The Morgan fingerprint density at radius 2 is 1.64 bits per heavy atom. The van der Waals surface area contributed by atoms with Crippen LogP contribution in [0, 0.1) is 0 Å². The lowest BCUT2D eigenvalue weighted by molar-refractivity contribution is 0.0600. The lowest BCUT2D eigenvalue weighted by Crippen LogP contribution is -2.34. The molecule has 0 aliphatic rings. The molecule has 2 N–H and O–H groups in total. The van der Waals surface area contributed by atoms with Gasteiger partial charge in [-0.15, -0.1) is 0 Å². The van der Waals surface area contributed by atoms with Gasteiger partial charge in [-0.1, -0.05) is 40.9 Å². The fourth-order valence-corrected chi connectivity index (χ4v) is 2.65. The predicted molar refractivity (Wildman–Crippen MR) is 103 cm³/mol. The van der Waals surface area contributed by atoms with Crippen molar-refractivity contribution >= 4 is 69.7 Å². The second-order valence-corrected chi connectivity index (χ2v) is 6.36. The lowest BCUT2D eigenvalue weighted by Gasteiger charge is -2.12. The molecule has 0 bridgehead atoms. The number of hydrogen-bond donors (Lipinski definition) is 2. The van der Waals surface area contributed by atoms with Crippen LogP contribution in [0.5, 0.6) is 0 Å². The Balaban J connectivity index is 2.09. The van der Waals surface area contributed by atoms with Crippen LogP contribution in [0.25, 0.3) is 0 Å². The molecule has 0 saturated heterocycles. The van der Waals surface area contributed by atoms with Crippen molar-refractivity contribution < 1.29 is 14.3 Å². The average Bonchev–Trinajstić information content (AvgIpc) is 2.59. The van der Waals surface area contributed by atoms with Crippen molar-refractivity contribution in [2.45, 2.75) is 0 Å². The highest BCUT2D eigenvalue weighted by molar-refractivity contribution is 7.80. The standard InChI is InChI=1S/C16H11Cl3N2O3S/c1-24-15(23)9-4-2-3-8(5-9)14(22)21-16(25)20-13-7-11(18)10(17)6-12(13)19/h2-7H,1H3,(H2,20,21,22,25). The quantitative estimate of drug-likeness (QED) is 0.435. The molecule has 5 nitrogen and oxygen atoms in total.